The SMILES string of the molecule is Cc1ccc(S(=O)(=O)N(CC(=O)N[C@@H](C)CCc2ccccc2)c2ccc(Oc3ccccc3)cc2)cc1. The summed E-state index contributed by atoms with van der Waals surface area (Å²) in [7, 11) is -4.00. The Morgan fingerprint density at radius 2 is 1.39 bits per heavy atom. The number of ether oxygens (including phenoxy) is 1. The minimum Gasteiger partial charge on any atom is -0.457 e. The topological polar surface area (TPSA) is 75.7 Å². The number of carbonyl (C=O) groups excluding carboxylic acids is 1. The van der Waals surface area contributed by atoms with Gasteiger partial charge in [-0.3, -0.25) is 9.10 Å². The van der Waals surface area contributed by atoms with Gasteiger partial charge in [0.2, 0.25) is 5.91 Å². The number of nitrogens with zero attached hydrogens (tertiary/aromatic N) is 1. The summed E-state index contributed by atoms with van der Waals surface area (Å²) in [5, 5.41) is 2.96. The molecule has 0 aliphatic carbocycles. The van der Waals surface area contributed by atoms with Gasteiger partial charge in [-0.2, -0.15) is 0 Å². The monoisotopic (exact) mass is 528 g/mol. The molecule has 6 nitrogen and oxygen atoms in total. The van der Waals surface area contributed by atoms with E-state index in [1.54, 1.807) is 48.5 Å². The summed E-state index contributed by atoms with van der Waals surface area (Å²) >= 11 is 0. The lowest BCUT2D eigenvalue weighted by Crippen LogP contribution is -2.43. The second kappa shape index (κ2) is 12.4. The van der Waals surface area contributed by atoms with Gasteiger partial charge < -0.3 is 10.1 Å². The van der Waals surface area contributed by atoms with Crippen LogP contribution in [0.15, 0.2) is 114 Å². The summed E-state index contributed by atoms with van der Waals surface area (Å²) in [5.41, 5.74) is 2.51. The molecule has 0 radical (unpaired) electrons. The number of carbonyl (C=O) groups is 1. The molecule has 0 aliphatic rings. The van der Waals surface area contributed by atoms with Crippen molar-refractivity contribution in [1.29, 1.82) is 0 Å². The molecule has 0 spiro atoms. The Bertz CT molecular complexity index is 1420. The third-order valence-electron chi connectivity index (χ3n) is 6.12. The highest BCUT2D eigenvalue weighted by Gasteiger charge is 2.27. The van der Waals surface area contributed by atoms with E-state index in [1.165, 1.54) is 5.56 Å². The standard InChI is InChI=1S/C31H32N2O4S/c1-24-13-21-30(22-14-24)38(35,36)33(23-31(34)32-25(2)15-16-26-9-5-3-6-10-26)27-17-19-29(20-18-27)37-28-11-7-4-8-12-28/h3-14,17-22,25H,15-16,23H2,1-2H3,(H,32,34)/t25-/m0/s1. The molecule has 0 saturated heterocycles. The summed E-state index contributed by atoms with van der Waals surface area (Å²) < 4.78 is 34.3. The van der Waals surface area contributed by atoms with Crippen molar-refractivity contribution in [3.8, 4) is 11.5 Å². The normalized spacial score (nSPS) is 11.9. The van der Waals surface area contributed by atoms with Crippen molar-refractivity contribution < 1.29 is 17.9 Å². The predicted molar refractivity (Wildman–Crippen MR) is 151 cm³/mol. The summed E-state index contributed by atoms with van der Waals surface area (Å²) in [4.78, 5) is 13.2. The van der Waals surface area contributed by atoms with Crippen LogP contribution in [0.2, 0.25) is 0 Å². The fourth-order valence-corrected chi connectivity index (χ4v) is 5.43. The van der Waals surface area contributed by atoms with Gasteiger partial charge in [-0.1, -0.05) is 66.2 Å². The van der Waals surface area contributed by atoms with Gasteiger partial charge in [0.25, 0.3) is 10.0 Å². The zero-order chi connectivity index (χ0) is 27.0. The Kier molecular flexibility index (Phi) is 8.81. The van der Waals surface area contributed by atoms with E-state index in [0.717, 1.165) is 22.7 Å². The van der Waals surface area contributed by atoms with Gasteiger partial charge in [0.15, 0.2) is 0 Å². The minimum atomic E-state index is -4.00. The van der Waals surface area contributed by atoms with Crippen molar-refractivity contribution >= 4 is 21.6 Å². The second-order valence-electron chi connectivity index (χ2n) is 9.23. The maximum absolute atomic E-state index is 13.7. The molecule has 0 bridgehead atoms. The Morgan fingerprint density at radius 3 is 2.03 bits per heavy atom. The van der Waals surface area contributed by atoms with E-state index in [2.05, 4.69) is 17.4 Å². The fourth-order valence-electron chi connectivity index (χ4n) is 4.01. The number of sulfonamides is 1. The molecule has 7 heteroatoms. The molecule has 4 aromatic rings. The van der Waals surface area contributed by atoms with E-state index in [9.17, 15) is 13.2 Å². The highest BCUT2D eigenvalue weighted by atomic mass is 32.2. The van der Waals surface area contributed by atoms with Gasteiger partial charge in [-0.05, 0) is 80.8 Å². The molecule has 1 amide bonds. The van der Waals surface area contributed by atoms with Gasteiger partial charge >= 0.3 is 0 Å². The number of hydrogen-bond acceptors (Lipinski definition) is 4. The van der Waals surface area contributed by atoms with Crippen LogP contribution in [0.1, 0.15) is 24.5 Å². The van der Waals surface area contributed by atoms with Crippen molar-refractivity contribution in [3.05, 3.63) is 120 Å². The number of nitrogens with one attached hydrogen (secondary N) is 1. The van der Waals surface area contributed by atoms with E-state index < -0.39 is 10.0 Å². The molecule has 0 fully saturated rings. The van der Waals surface area contributed by atoms with Crippen LogP contribution in [0, 0.1) is 6.92 Å². The van der Waals surface area contributed by atoms with Crippen molar-refractivity contribution in [2.45, 2.75) is 37.6 Å². The molecule has 38 heavy (non-hydrogen) atoms. The largest absolute Gasteiger partial charge is 0.457 e. The molecular weight excluding hydrogens is 496 g/mol. The van der Waals surface area contributed by atoms with Crippen molar-refractivity contribution in [3.63, 3.8) is 0 Å². The molecule has 0 unspecified atom stereocenters. The first-order chi connectivity index (χ1) is 18.3. The van der Waals surface area contributed by atoms with Gasteiger partial charge in [0.1, 0.15) is 18.0 Å². The van der Waals surface area contributed by atoms with Crippen LogP contribution in [-0.4, -0.2) is 26.9 Å². The number of para-hydroxylation sites is 1. The average Bonchev–Trinajstić information content (AvgIpc) is 2.92. The number of benzene rings is 4. The van der Waals surface area contributed by atoms with Crippen LogP contribution in [-0.2, 0) is 21.2 Å². The molecular formula is C31H32N2O4S. The Hall–Kier alpha value is -4.10. The van der Waals surface area contributed by atoms with Crippen molar-refractivity contribution in [2.75, 3.05) is 10.8 Å². The quantitative estimate of drug-likeness (QED) is 0.254. The highest BCUT2D eigenvalue weighted by molar-refractivity contribution is 7.92. The highest BCUT2D eigenvalue weighted by Crippen LogP contribution is 2.28. The molecule has 4 aromatic carbocycles. The smallest absolute Gasteiger partial charge is 0.264 e. The van der Waals surface area contributed by atoms with Crippen LogP contribution >= 0.6 is 0 Å². The molecule has 1 N–H and O–H groups in total. The van der Waals surface area contributed by atoms with Crippen LogP contribution in [0.25, 0.3) is 0 Å². The van der Waals surface area contributed by atoms with E-state index in [0.29, 0.717) is 17.2 Å². The Balaban J connectivity index is 1.51. The average molecular weight is 529 g/mol. The van der Waals surface area contributed by atoms with Crippen LogP contribution in [0.5, 0.6) is 11.5 Å². The number of hydrogen-bond donors (Lipinski definition) is 1. The Morgan fingerprint density at radius 1 is 0.816 bits per heavy atom. The number of rotatable bonds is 11. The minimum absolute atomic E-state index is 0.117. The maximum Gasteiger partial charge on any atom is 0.264 e. The molecule has 0 heterocycles. The predicted octanol–water partition coefficient (Wildman–Crippen LogP) is 6.12. The molecule has 196 valence electrons. The van der Waals surface area contributed by atoms with Gasteiger partial charge in [-0.15, -0.1) is 0 Å². The second-order valence-corrected chi connectivity index (χ2v) is 11.1. The summed E-state index contributed by atoms with van der Waals surface area (Å²) in [5.74, 6) is 0.866. The van der Waals surface area contributed by atoms with Gasteiger partial charge in [-0.25, -0.2) is 8.42 Å². The number of amides is 1. The lowest BCUT2D eigenvalue weighted by atomic mass is 10.1. The number of aryl methyl sites for hydroxylation is 2. The maximum atomic E-state index is 13.7. The molecule has 4 rings (SSSR count). The van der Waals surface area contributed by atoms with Gasteiger partial charge in [0, 0.05) is 6.04 Å². The van der Waals surface area contributed by atoms with Crippen molar-refractivity contribution in [1.82, 2.24) is 5.32 Å². The lowest BCUT2D eigenvalue weighted by Gasteiger charge is -2.25. The van der Waals surface area contributed by atoms with Gasteiger partial charge in [0.05, 0.1) is 10.6 Å². The molecule has 0 saturated carbocycles. The third kappa shape index (κ3) is 7.23. The van der Waals surface area contributed by atoms with Crippen LogP contribution in [0.4, 0.5) is 5.69 Å². The summed E-state index contributed by atoms with van der Waals surface area (Å²) in [6.45, 7) is 3.48. The molecule has 0 aromatic heterocycles. The van der Waals surface area contributed by atoms with E-state index in [-0.39, 0.29) is 23.4 Å². The van der Waals surface area contributed by atoms with E-state index in [1.807, 2.05) is 62.4 Å². The zero-order valence-electron chi connectivity index (χ0n) is 21.6. The first-order valence-electron chi connectivity index (χ1n) is 12.6. The molecule has 0 aliphatic heterocycles. The van der Waals surface area contributed by atoms with E-state index in [4.69, 9.17) is 4.74 Å². The third-order valence-corrected chi connectivity index (χ3v) is 7.90. The Labute approximate surface area is 225 Å². The summed E-state index contributed by atoms with van der Waals surface area (Å²) in [6.07, 6.45) is 1.56. The molecule has 1 atom stereocenters. The lowest BCUT2D eigenvalue weighted by molar-refractivity contribution is -0.120. The fraction of sp³-hybridized carbons (Fsp3) is 0.194. The van der Waals surface area contributed by atoms with Crippen LogP contribution in [0.3, 0.4) is 0 Å². The first kappa shape index (κ1) is 26.9. The van der Waals surface area contributed by atoms with Crippen molar-refractivity contribution in [2.24, 2.45) is 0 Å². The number of anilines is 1. The summed E-state index contributed by atoms with van der Waals surface area (Å²) in [6, 6.07) is 32.6. The zero-order valence-corrected chi connectivity index (χ0v) is 22.4. The van der Waals surface area contributed by atoms with Crippen LogP contribution < -0.4 is 14.4 Å². The first-order valence-corrected chi connectivity index (χ1v) is 14.0. The van der Waals surface area contributed by atoms with E-state index >= 15 is 0 Å².